The quantitative estimate of drug-likeness (QED) is 0.456. The van der Waals surface area contributed by atoms with Crippen molar-refractivity contribution in [1.29, 1.82) is 0 Å². The summed E-state index contributed by atoms with van der Waals surface area (Å²) in [6.07, 6.45) is 0. The van der Waals surface area contributed by atoms with Crippen LogP contribution in [0.25, 0.3) is 0 Å². The van der Waals surface area contributed by atoms with Crippen LogP contribution in [0.2, 0.25) is 0 Å². The Morgan fingerprint density at radius 3 is 1.30 bits per heavy atom. The van der Waals surface area contributed by atoms with E-state index in [1.807, 2.05) is 0 Å². The second-order valence-electron chi connectivity index (χ2n) is 5.96. The maximum Gasteiger partial charge on any atom is 0.319 e. The van der Waals surface area contributed by atoms with Crippen LogP contribution in [-0.4, -0.2) is 21.9 Å². The van der Waals surface area contributed by atoms with Crippen LogP contribution in [0.3, 0.4) is 0 Å². The first kappa shape index (κ1) is 20.1. The summed E-state index contributed by atoms with van der Waals surface area (Å²) in [5.41, 5.74) is -0.281. The minimum absolute atomic E-state index is 0.0282. The highest BCUT2D eigenvalue weighted by molar-refractivity contribution is 6.08. The molecule has 0 aliphatic rings. The second-order valence-corrected chi connectivity index (χ2v) is 5.96. The lowest BCUT2D eigenvalue weighted by molar-refractivity contribution is -0.481. The van der Waals surface area contributed by atoms with Crippen molar-refractivity contribution in [2.75, 3.05) is 10.0 Å². The van der Waals surface area contributed by atoms with E-state index < -0.39 is 21.9 Å². The Bertz CT molecular complexity index is 1020. The molecule has 30 heavy (non-hydrogen) atoms. The van der Waals surface area contributed by atoms with E-state index in [1.54, 1.807) is 12.1 Å². The Kier molecular flexibility index (Phi) is 5.78. The molecule has 10 heteroatoms. The first-order valence-electron chi connectivity index (χ1n) is 8.58. The van der Waals surface area contributed by atoms with E-state index in [0.29, 0.717) is 10.0 Å². The largest absolute Gasteiger partial charge is 0.319 e. The van der Waals surface area contributed by atoms with Crippen LogP contribution < -0.4 is 10.0 Å². The molecule has 0 fully saturated rings. The van der Waals surface area contributed by atoms with Crippen LogP contribution in [0.15, 0.2) is 84.9 Å². The number of benzene rings is 3. The highest BCUT2D eigenvalue weighted by Crippen LogP contribution is 2.20. The molecule has 3 aromatic carbocycles. The van der Waals surface area contributed by atoms with Crippen LogP contribution in [0.4, 0.5) is 11.4 Å². The average molecular weight is 406 g/mol. The highest BCUT2D eigenvalue weighted by Gasteiger charge is 2.31. The SMILES string of the molecule is O=C(c1cccc(C(=O)N(c2ccccc2)[N+](=O)[O-])c1)N(c1ccccc1)[N+](=O)[O-]. The van der Waals surface area contributed by atoms with Gasteiger partial charge in [-0.05, 0) is 52.5 Å². The zero-order valence-corrected chi connectivity index (χ0v) is 15.3. The molecule has 10 nitrogen and oxygen atoms in total. The normalized spacial score (nSPS) is 10.1. The number of nitrogens with zero attached hydrogens (tertiary/aromatic N) is 4. The van der Waals surface area contributed by atoms with E-state index in [2.05, 4.69) is 0 Å². The monoisotopic (exact) mass is 406 g/mol. The van der Waals surface area contributed by atoms with Crippen molar-refractivity contribution in [3.8, 4) is 0 Å². The molecule has 2 amide bonds. The first-order chi connectivity index (χ1) is 14.4. The highest BCUT2D eigenvalue weighted by atomic mass is 16.7. The third-order valence-corrected chi connectivity index (χ3v) is 4.07. The fraction of sp³-hybridized carbons (Fsp3) is 0. The Hall–Kier alpha value is -4.60. The van der Waals surface area contributed by atoms with Gasteiger partial charge in [-0.2, -0.15) is 0 Å². The molecule has 0 atom stereocenters. The van der Waals surface area contributed by atoms with Gasteiger partial charge < -0.3 is 0 Å². The molecule has 0 saturated heterocycles. The van der Waals surface area contributed by atoms with E-state index in [4.69, 9.17) is 0 Å². The standard InChI is InChI=1S/C20H14N4O6/c25-19(21(23(27)28)17-10-3-1-4-11-17)15-8-7-9-16(14-15)20(26)22(24(29)30)18-12-5-2-6-13-18/h1-14H. The number of anilines is 2. The summed E-state index contributed by atoms with van der Waals surface area (Å²) in [4.78, 5) is 48.4. The van der Waals surface area contributed by atoms with E-state index in [9.17, 15) is 29.8 Å². The van der Waals surface area contributed by atoms with Crippen molar-refractivity contribution in [3.05, 3.63) is 116 Å². The van der Waals surface area contributed by atoms with E-state index >= 15 is 0 Å². The molecule has 0 aromatic heterocycles. The van der Waals surface area contributed by atoms with Gasteiger partial charge in [0.25, 0.3) is 0 Å². The predicted octanol–water partition coefficient (Wildman–Crippen LogP) is 3.36. The van der Waals surface area contributed by atoms with Crippen molar-refractivity contribution in [3.63, 3.8) is 0 Å². The summed E-state index contributed by atoms with van der Waals surface area (Å²) in [5.74, 6) is -1.98. The molecule has 150 valence electrons. The summed E-state index contributed by atoms with van der Waals surface area (Å²) >= 11 is 0. The molecule has 0 unspecified atom stereocenters. The van der Waals surface area contributed by atoms with Crippen LogP contribution in [-0.2, 0) is 0 Å². The fourth-order valence-electron chi connectivity index (χ4n) is 2.74. The van der Waals surface area contributed by atoms with Gasteiger partial charge in [-0.25, -0.2) is 20.2 Å². The number of carbonyl (C=O) groups excluding carboxylic acids is 2. The Morgan fingerprint density at radius 1 is 0.600 bits per heavy atom. The first-order valence-corrected chi connectivity index (χ1v) is 8.58. The van der Waals surface area contributed by atoms with Crippen LogP contribution >= 0.6 is 0 Å². The van der Waals surface area contributed by atoms with E-state index in [-0.39, 0.29) is 22.5 Å². The van der Waals surface area contributed by atoms with Crippen molar-refractivity contribution in [2.24, 2.45) is 0 Å². The van der Waals surface area contributed by atoms with Gasteiger partial charge in [-0.3, -0.25) is 9.59 Å². The molecule has 0 heterocycles. The van der Waals surface area contributed by atoms with Crippen molar-refractivity contribution >= 4 is 23.2 Å². The predicted molar refractivity (Wildman–Crippen MR) is 107 cm³/mol. The smallest absolute Gasteiger partial charge is 0.262 e. The van der Waals surface area contributed by atoms with Gasteiger partial charge in [0.2, 0.25) is 0 Å². The van der Waals surface area contributed by atoms with E-state index in [0.717, 1.165) is 6.07 Å². The second kappa shape index (κ2) is 8.61. The molecule has 0 aliphatic carbocycles. The number of carbonyl (C=O) groups is 2. The van der Waals surface area contributed by atoms with Gasteiger partial charge in [0, 0.05) is 11.1 Å². The molecule has 0 bridgehead atoms. The van der Waals surface area contributed by atoms with Gasteiger partial charge in [0.05, 0.1) is 0 Å². The number of hydrogen-bond acceptors (Lipinski definition) is 6. The molecular weight excluding hydrogens is 392 g/mol. The third kappa shape index (κ3) is 4.12. The lowest BCUT2D eigenvalue weighted by Crippen LogP contribution is -2.37. The van der Waals surface area contributed by atoms with E-state index in [1.165, 1.54) is 66.7 Å². The van der Waals surface area contributed by atoms with Gasteiger partial charge in [-0.1, -0.05) is 42.5 Å². The number of nitro groups is 2. The minimum atomic E-state index is -0.992. The van der Waals surface area contributed by atoms with Crippen LogP contribution in [0.5, 0.6) is 0 Å². The fourth-order valence-corrected chi connectivity index (χ4v) is 2.74. The Balaban J connectivity index is 1.97. The topological polar surface area (TPSA) is 127 Å². The van der Waals surface area contributed by atoms with Crippen molar-refractivity contribution in [1.82, 2.24) is 0 Å². The zero-order valence-electron chi connectivity index (χ0n) is 15.3. The summed E-state index contributed by atoms with van der Waals surface area (Å²) < 4.78 is 0. The summed E-state index contributed by atoms with van der Waals surface area (Å²) in [6.45, 7) is 0. The van der Waals surface area contributed by atoms with Gasteiger partial charge >= 0.3 is 11.8 Å². The maximum absolute atomic E-state index is 12.8. The number of hydrazine groups is 2. The van der Waals surface area contributed by atoms with Crippen LogP contribution in [0, 0.1) is 20.2 Å². The summed E-state index contributed by atoms with van der Waals surface area (Å²) in [5, 5.41) is 21.9. The van der Waals surface area contributed by atoms with Crippen molar-refractivity contribution < 1.29 is 19.7 Å². The lowest BCUT2D eigenvalue weighted by Gasteiger charge is -2.14. The maximum atomic E-state index is 12.8. The van der Waals surface area contributed by atoms with Gasteiger partial charge in [0.1, 0.15) is 11.4 Å². The average Bonchev–Trinajstić information content (AvgIpc) is 2.75. The number of amides is 2. The Morgan fingerprint density at radius 2 is 0.967 bits per heavy atom. The summed E-state index contributed by atoms with van der Waals surface area (Å²) in [6, 6.07) is 20.0. The number of hydrogen-bond donors (Lipinski definition) is 0. The lowest BCUT2D eigenvalue weighted by atomic mass is 10.1. The molecule has 0 aliphatic heterocycles. The minimum Gasteiger partial charge on any atom is -0.262 e. The van der Waals surface area contributed by atoms with Crippen LogP contribution in [0.1, 0.15) is 20.7 Å². The third-order valence-electron chi connectivity index (χ3n) is 4.07. The van der Waals surface area contributed by atoms with Gasteiger partial charge in [-0.15, -0.1) is 0 Å². The van der Waals surface area contributed by atoms with Gasteiger partial charge in [0.15, 0.2) is 10.1 Å². The zero-order chi connectivity index (χ0) is 21.7. The van der Waals surface area contributed by atoms with Crippen molar-refractivity contribution in [2.45, 2.75) is 0 Å². The number of para-hydroxylation sites is 2. The molecule has 0 spiro atoms. The number of rotatable bonds is 6. The molecular formula is C20H14N4O6. The molecule has 0 radical (unpaired) electrons. The Labute approximate surface area is 169 Å². The molecule has 3 rings (SSSR count). The molecule has 0 saturated carbocycles. The molecule has 3 aromatic rings. The summed E-state index contributed by atoms with van der Waals surface area (Å²) in [7, 11) is 0. The molecule has 0 N–H and O–H groups in total.